The van der Waals surface area contributed by atoms with Crippen molar-refractivity contribution in [2.24, 2.45) is 11.8 Å². The van der Waals surface area contributed by atoms with Gasteiger partial charge >= 0.3 is 11.9 Å². The van der Waals surface area contributed by atoms with Gasteiger partial charge in [-0.2, -0.15) is 0 Å². The quantitative estimate of drug-likeness (QED) is 0.147. The normalized spacial score (nSPS) is 16.1. The molecule has 0 aliphatic heterocycles. The summed E-state index contributed by atoms with van der Waals surface area (Å²) in [5, 5.41) is 20.0. The van der Waals surface area contributed by atoms with Crippen LogP contribution in [0.3, 0.4) is 0 Å². The van der Waals surface area contributed by atoms with E-state index in [2.05, 4.69) is 0 Å². The number of rotatable bonds is 16. The van der Waals surface area contributed by atoms with Crippen LogP contribution >= 0.6 is 0 Å². The monoisotopic (exact) mass is 488 g/mol. The van der Waals surface area contributed by atoms with Crippen molar-refractivity contribution in [2.75, 3.05) is 0 Å². The zero-order valence-electron chi connectivity index (χ0n) is 23.3. The van der Waals surface area contributed by atoms with E-state index in [9.17, 15) is 19.8 Å². The maximum absolute atomic E-state index is 12.3. The number of aliphatic carboxylic acids is 2. The topological polar surface area (TPSA) is 112 Å². The number of hydrogen-bond acceptors (Lipinski definition) is 6. The van der Waals surface area contributed by atoms with Gasteiger partial charge in [-0.25, -0.2) is 29.1 Å². The summed E-state index contributed by atoms with van der Waals surface area (Å²) in [6, 6.07) is 0. The third-order valence-electron chi connectivity index (χ3n) is 6.02. The minimum Gasteiger partial charge on any atom is -0.478 e. The molecule has 0 amide bonds. The van der Waals surface area contributed by atoms with Crippen LogP contribution in [0.5, 0.6) is 0 Å². The van der Waals surface area contributed by atoms with Gasteiger partial charge in [0.15, 0.2) is 0 Å². The van der Waals surface area contributed by atoms with Gasteiger partial charge in [-0.3, -0.25) is 0 Å². The van der Waals surface area contributed by atoms with Crippen LogP contribution in [-0.4, -0.2) is 44.6 Å². The molecule has 0 fully saturated rings. The zero-order chi connectivity index (χ0) is 27.1. The van der Waals surface area contributed by atoms with Crippen molar-refractivity contribution < 1.29 is 39.4 Å². The lowest BCUT2D eigenvalue weighted by Gasteiger charge is -2.33. The fourth-order valence-corrected chi connectivity index (χ4v) is 3.50. The molecule has 2 unspecified atom stereocenters. The first-order chi connectivity index (χ1) is 15.2. The Morgan fingerprint density at radius 2 is 0.824 bits per heavy atom. The average molecular weight is 489 g/mol. The highest BCUT2D eigenvalue weighted by Gasteiger charge is 2.36. The first-order valence-electron chi connectivity index (χ1n) is 12.1. The molecule has 0 heterocycles. The number of carboxylic acid groups (broad SMARTS) is 2. The molecular weight excluding hydrogens is 440 g/mol. The Kier molecular flexibility index (Phi) is 11.9. The van der Waals surface area contributed by atoms with E-state index in [1.165, 1.54) is 0 Å². The number of carboxylic acids is 2. The minimum absolute atomic E-state index is 0.142. The summed E-state index contributed by atoms with van der Waals surface area (Å²) in [5.41, 5.74) is -2.93. The van der Waals surface area contributed by atoms with E-state index in [1.807, 2.05) is 41.5 Å². The molecule has 0 bridgehead atoms. The van der Waals surface area contributed by atoms with Crippen LogP contribution < -0.4 is 0 Å². The summed E-state index contributed by atoms with van der Waals surface area (Å²) >= 11 is 0. The summed E-state index contributed by atoms with van der Waals surface area (Å²) in [7, 11) is 0. The van der Waals surface area contributed by atoms with Crippen LogP contribution in [0.2, 0.25) is 0 Å². The van der Waals surface area contributed by atoms with Crippen molar-refractivity contribution in [1.82, 2.24) is 0 Å². The smallest absolute Gasteiger partial charge is 0.332 e. The van der Waals surface area contributed by atoms with Gasteiger partial charge < -0.3 is 10.2 Å². The van der Waals surface area contributed by atoms with Crippen molar-refractivity contribution >= 4 is 11.9 Å². The third-order valence-corrected chi connectivity index (χ3v) is 6.02. The van der Waals surface area contributed by atoms with E-state index in [-0.39, 0.29) is 24.0 Å². The lowest BCUT2D eigenvalue weighted by molar-refractivity contribution is -0.403. The van der Waals surface area contributed by atoms with Crippen LogP contribution in [0, 0.1) is 11.8 Å². The Labute approximate surface area is 205 Å². The lowest BCUT2D eigenvalue weighted by Crippen LogP contribution is -2.36. The summed E-state index contributed by atoms with van der Waals surface area (Å²) in [4.78, 5) is 46.9. The molecule has 0 spiro atoms. The van der Waals surface area contributed by atoms with E-state index in [4.69, 9.17) is 19.6 Å². The zero-order valence-corrected chi connectivity index (χ0v) is 23.3. The second kappa shape index (κ2) is 12.5. The van der Waals surface area contributed by atoms with Gasteiger partial charge in [0.2, 0.25) is 0 Å². The Morgan fingerprint density at radius 1 is 0.588 bits per heavy atom. The number of hydrogen-bond donors (Lipinski definition) is 2. The van der Waals surface area contributed by atoms with Crippen molar-refractivity contribution in [1.29, 1.82) is 0 Å². The average Bonchev–Trinajstić information content (AvgIpc) is 2.67. The highest BCUT2D eigenvalue weighted by Crippen LogP contribution is 2.35. The summed E-state index contributed by atoms with van der Waals surface area (Å²) in [6.45, 7) is 22.1. The van der Waals surface area contributed by atoms with E-state index in [0.717, 1.165) is 12.8 Å². The van der Waals surface area contributed by atoms with Gasteiger partial charge in [0.1, 0.15) is 0 Å². The Balaban J connectivity index is 5.85. The molecule has 8 heteroatoms. The van der Waals surface area contributed by atoms with Crippen LogP contribution in [0.1, 0.15) is 109 Å². The highest BCUT2D eigenvalue weighted by atomic mass is 17.2. The highest BCUT2D eigenvalue weighted by molar-refractivity contribution is 5.99. The summed E-state index contributed by atoms with van der Waals surface area (Å²) in [5.74, 6) is -3.73. The van der Waals surface area contributed by atoms with Crippen molar-refractivity contribution in [3.8, 4) is 0 Å². The van der Waals surface area contributed by atoms with E-state index >= 15 is 0 Å². The van der Waals surface area contributed by atoms with Crippen LogP contribution in [0.4, 0.5) is 0 Å². The minimum atomic E-state index is -1.26. The molecule has 0 aromatic carbocycles. The Bertz CT molecular complexity index is 658. The first-order valence-corrected chi connectivity index (χ1v) is 12.1. The standard InChI is InChI=1S/C26H48O8/c1-13-23(5,6)31-33-25(9,10)15-17(3)19(21(27)28)20(22(29)30)18(4)16-26(11,12)34-32-24(7,8)14-2/h17-18H,13-16H2,1-12H3,(H,27,28)(H,29,30)/b20-19+. The fraction of sp³-hybridized carbons (Fsp3) is 0.846. The first kappa shape index (κ1) is 32.5. The molecule has 0 radical (unpaired) electrons. The van der Waals surface area contributed by atoms with Crippen molar-refractivity contribution in [2.45, 2.75) is 131 Å². The maximum Gasteiger partial charge on any atom is 0.332 e. The Morgan fingerprint density at radius 3 is 1.03 bits per heavy atom. The molecule has 0 aliphatic carbocycles. The third kappa shape index (κ3) is 11.3. The lowest BCUT2D eigenvalue weighted by atomic mass is 9.80. The van der Waals surface area contributed by atoms with Gasteiger partial charge in [0.05, 0.1) is 33.6 Å². The molecular formula is C26H48O8. The Hall–Kier alpha value is -1.48. The van der Waals surface area contributed by atoms with Crippen molar-refractivity contribution in [3.05, 3.63) is 11.1 Å². The molecule has 0 saturated heterocycles. The predicted octanol–water partition coefficient (Wildman–Crippen LogP) is 6.34. The molecule has 0 aliphatic rings. The van der Waals surface area contributed by atoms with Gasteiger partial charge in [-0.15, -0.1) is 0 Å². The van der Waals surface area contributed by atoms with Crippen LogP contribution in [-0.2, 0) is 29.1 Å². The van der Waals surface area contributed by atoms with Gasteiger partial charge in [-0.05, 0) is 92.9 Å². The predicted molar refractivity (Wildman–Crippen MR) is 131 cm³/mol. The molecule has 200 valence electrons. The van der Waals surface area contributed by atoms with E-state index in [0.29, 0.717) is 0 Å². The fourth-order valence-electron chi connectivity index (χ4n) is 3.50. The molecule has 0 aromatic rings. The van der Waals surface area contributed by atoms with E-state index < -0.39 is 46.2 Å². The maximum atomic E-state index is 12.3. The van der Waals surface area contributed by atoms with Gasteiger partial charge in [-0.1, -0.05) is 27.7 Å². The van der Waals surface area contributed by atoms with Gasteiger partial charge in [0, 0.05) is 0 Å². The molecule has 2 atom stereocenters. The summed E-state index contributed by atoms with van der Waals surface area (Å²) in [6.07, 6.45) is 1.98. The SMILES string of the molecule is CCC(C)(C)OOC(C)(C)CC(C)/C(C(=O)O)=C(\C(=O)O)C(C)CC(C)(C)OOC(C)(C)CC. The second-order valence-electron chi connectivity index (χ2n) is 11.7. The number of carbonyl (C=O) groups is 2. The molecule has 0 rings (SSSR count). The van der Waals surface area contributed by atoms with Gasteiger partial charge in [0.25, 0.3) is 0 Å². The van der Waals surface area contributed by atoms with Crippen LogP contribution in [0.25, 0.3) is 0 Å². The van der Waals surface area contributed by atoms with Crippen LogP contribution in [0.15, 0.2) is 11.1 Å². The largest absolute Gasteiger partial charge is 0.478 e. The summed E-state index contributed by atoms with van der Waals surface area (Å²) < 4.78 is 0. The van der Waals surface area contributed by atoms with E-state index in [1.54, 1.807) is 41.5 Å². The second-order valence-corrected chi connectivity index (χ2v) is 11.7. The molecule has 0 aromatic heterocycles. The molecule has 2 N–H and O–H groups in total. The molecule has 0 saturated carbocycles. The molecule has 8 nitrogen and oxygen atoms in total. The van der Waals surface area contributed by atoms with Crippen molar-refractivity contribution in [3.63, 3.8) is 0 Å². The molecule has 34 heavy (non-hydrogen) atoms.